The Morgan fingerprint density at radius 2 is 1.97 bits per heavy atom. The Labute approximate surface area is 203 Å². The van der Waals surface area contributed by atoms with Gasteiger partial charge in [0.1, 0.15) is 0 Å². The molecule has 0 bridgehead atoms. The number of hydrogen-bond acceptors (Lipinski definition) is 4. The van der Waals surface area contributed by atoms with Crippen molar-refractivity contribution in [1.29, 1.82) is 0 Å². The number of thiazole rings is 1. The van der Waals surface area contributed by atoms with Crippen LogP contribution < -0.4 is 18.7 Å². The van der Waals surface area contributed by atoms with Crippen LogP contribution in [0.1, 0.15) is 32.2 Å². The van der Waals surface area contributed by atoms with Gasteiger partial charge in [-0.15, -0.1) is 0 Å². The third-order valence-corrected chi connectivity index (χ3v) is 10.2. The third kappa shape index (κ3) is 3.69. The van der Waals surface area contributed by atoms with E-state index in [1.807, 2.05) is 22.7 Å². The fourth-order valence-electron chi connectivity index (χ4n) is 4.27. The van der Waals surface area contributed by atoms with Crippen LogP contribution in [0.15, 0.2) is 58.0 Å². The van der Waals surface area contributed by atoms with Gasteiger partial charge in [0.05, 0.1) is 0 Å². The van der Waals surface area contributed by atoms with Crippen LogP contribution in [0.3, 0.4) is 0 Å². The number of fused-ring (bicyclic) bond motifs is 4. The average molecular weight is 527 g/mol. The van der Waals surface area contributed by atoms with Gasteiger partial charge >= 0.3 is 205 Å². The number of hydrogen-bond donors (Lipinski definition) is 0. The van der Waals surface area contributed by atoms with Crippen LogP contribution >= 0.6 is 22.7 Å². The van der Waals surface area contributed by atoms with E-state index in [0.717, 1.165) is 25.3 Å². The van der Waals surface area contributed by atoms with Gasteiger partial charge in [-0.2, -0.15) is 0 Å². The molecule has 0 amide bonds. The van der Waals surface area contributed by atoms with Gasteiger partial charge in [-0.1, -0.05) is 0 Å². The monoisotopic (exact) mass is 527 g/mol. The van der Waals surface area contributed by atoms with Gasteiger partial charge in [-0.05, 0) is 0 Å². The molecule has 1 aliphatic heterocycles. The Bertz CT molecular complexity index is 1370. The zero-order valence-electron chi connectivity index (χ0n) is 18.8. The normalized spacial score (nSPS) is 15.3. The first-order valence-corrected chi connectivity index (χ1v) is 14.5. The SMILES string of the molecule is CCC(=Cc1sc2ccc3sccc3c2[n+]1CC)C=C1[Se]c2ccc(OC)cc2N1CC. The summed E-state index contributed by atoms with van der Waals surface area (Å²) in [6.07, 6.45) is 5.86. The Morgan fingerprint density at radius 3 is 2.72 bits per heavy atom. The molecule has 0 N–H and O–H groups in total. The van der Waals surface area contributed by atoms with Crippen molar-refractivity contribution in [3.63, 3.8) is 0 Å². The quantitative estimate of drug-likeness (QED) is 0.229. The Morgan fingerprint density at radius 1 is 1.12 bits per heavy atom. The van der Waals surface area contributed by atoms with Crippen LogP contribution in [0.25, 0.3) is 26.4 Å². The molecular weight excluding hydrogens is 499 g/mol. The molecule has 3 nitrogen and oxygen atoms in total. The van der Waals surface area contributed by atoms with Crippen LogP contribution in [0.5, 0.6) is 5.75 Å². The van der Waals surface area contributed by atoms with Crippen LogP contribution in [0.2, 0.25) is 0 Å². The molecule has 0 unspecified atom stereocenters. The van der Waals surface area contributed by atoms with Gasteiger partial charge < -0.3 is 0 Å². The van der Waals surface area contributed by atoms with Gasteiger partial charge in [0.25, 0.3) is 0 Å². The van der Waals surface area contributed by atoms with E-state index in [1.54, 1.807) is 7.11 Å². The molecule has 0 atom stereocenters. The van der Waals surface area contributed by atoms with Crippen molar-refractivity contribution < 1.29 is 9.30 Å². The molecular formula is C26H27N2OS2Se+. The van der Waals surface area contributed by atoms with E-state index < -0.39 is 0 Å². The summed E-state index contributed by atoms with van der Waals surface area (Å²) in [6, 6.07) is 13.3. The number of nitrogens with zero attached hydrogens (tertiary/aromatic N) is 2. The van der Waals surface area contributed by atoms with E-state index in [-0.39, 0.29) is 0 Å². The molecule has 4 aromatic rings. The first-order valence-electron chi connectivity index (χ1n) is 11.0. The summed E-state index contributed by atoms with van der Waals surface area (Å²) in [5.74, 6) is 0.930. The molecule has 0 saturated carbocycles. The predicted octanol–water partition coefficient (Wildman–Crippen LogP) is 5.94. The number of anilines is 1. The van der Waals surface area contributed by atoms with E-state index in [0.29, 0.717) is 15.0 Å². The van der Waals surface area contributed by atoms with Crippen LogP contribution in [-0.4, -0.2) is 28.6 Å². The molecule has 0 saturated heterocycles. The molecule has 2 aromatic heterocycles. The molecule has 1 aliphatic rings. The summed E-state index contributed by atoms with van der Waals surface area (Å²) in [5, 5.41) is 4.91. The fourth-order valence-corrected chi connectivity index (χ4v) is 8.76. The molecule has 0 radical (unpaired) electrons. The Kier molecular flexibility index (Phi) is 6.13. The summed E-state index contributed by atoms with van der Waals surface area (Å²) in [7, 11) is 1.74. The molecule has 164 valence electrons. The van der Waals surface area contributed by atoms with Crippen molar-refractivity contribution >= 4 is 74.2 Å². The second-order valence-corrected chi connectivity index (χ2v) is 11.9. The number of allylic oxidation sites excluding steroid dienone is 2. The minimum absolute atomic E-state index is 0.315. The second kappa shape index (κ2) is 9.03. The first kappa shape index (κ1) is 21.7. The van der Waals surface area contributed by atoms with Crippen molar-refractivity contribution in [1.82, 2.24) is 0 Å². The minimum atomic E-state index is 0.315. The van der Waals surface area contributed by atoms with Crippen molar-refractivity contribution in [3.8, 4) is 5.75 Å². The topological polar surface area (TPSA) is 16.4 Å². The molecule has 0 aliphatic carbocycles. The van der Waals surface area contributed by atoms with Gasteiger partial charge in [0.2, 0.25) is 0 Å². The number of ether oxygens (including phenoxy) is 1. The summed E-state index contributed by atoms with van der Waals surface area (Å²) in [6.45, 7) is 8.69. The van der Waals surface area contributed by atoms with E-state index in [2.05, 4.69) is 84.2 Å². The van der Waals surface area contributed by atoms with Crippen LogP contribution in [0.4, 0.5) is 5.69 Å². The molecule has 5 rings (SSSR count). The molecule has 0 spiro atoms. The predicted molar refractivity (Wildman–Crippen MR) is 141 cm³/mol. The van der Waals surface area contributed by atoms with E-state index in [4.69, 9.17) is 4.74 Å². The number of methoxy groups -OCH3 is 1. The zero-order chi connectivity index (χ0) is 22.2. The van der Waals surface area contributed by atoms with E-state index in [9.17, 15) is 0 Å². The number of aromatic nitrogens is 1. The van der Waals surface area contributed by atoms with Gasteiger partial charge in [-0.25, -0.2) is 0 Å². The summed E-state index contributed by atoms with van der Waals surface area (Å²) in [4.78, 5) is 2.45. The molecule has 2 aromatic carbocycles. The maximum absolute atomic E-state index is 5.48. The molecule has 0 fully saturated rings. The maximum atomic E-state index is 5.48. The van der Waals surface area contributed by atoms with Crippen molar-refractivity contribution in [2.45, 2.75) is 33.7 Å². The molecule has 32 heavy (non-hydrogen) atoms. The van der Waals surface area contributed by atoms with Crippen LogP contribution in [0, 0.1) is 0 Å². The third-order valence-electron chi connectivity index (χ3n) is 5.92. The molecule has 3 heterocycles. The second-order valence-electron chi connectivity index (χ2n) is 7.66. The van der Waals surface area contributed by atoms with E-state index in [1.165, 1.54) is 45.6 Å². The zero-order valence-corrected chi connectivity index (χ0v) is 22.2. The van der Waals surface area contributed by atoms with E-state index >= 15 is 0 Å². The van der Waals surface area contributed by atoms with Crippen LogP contribution in [-0.2, 0) is 6.54 Å². The standard InChI is InChI=1S/C26H27N2OS2Se/c1-5-17(15-25-27(6-2)20-16-18(29-4)8-11-23(20)32-25)14-24-28(7-3)26-19-12-13-30-21(19)9-10-22(26)31-24/h8-16H,5-7H2,1-4H3/q+1. The summed E-state index contributed by atoms with van der Waals surface area (Å²) in [5.41, 5.74) is 4.07. The number of thiophene rings is 1. The van der Waals surface area contributed by atoms with Gasteiger partial charge in [0, 0.05) is 0 Å². The van der Waals surface area contributed by atoms with Crippen molar-refractivity contribution in [3.05, 3.63) is 63.0 Å². The summed E-state index contributed by atoms with van der Waals surface area (Å²) < 4.78 is 13.6. The summed E-state index contributed by atoms with van der Waals surface area (Å²) >= 11 is 4.04. The average Bonchev–Trinajstić information content (AvgIpc) is 3.51. The number of benzene rings is 2. The molecule has 6 heteroatoms. The van der Waals surface area contributed by atoms with Crippen molar-refractivity contribution in [2.75, 3.05) is 18.6 Å². The fraction of sp³-hybridized carbons (Fsp3) is 0.269. The number of rotatable bonds is 6. The number of aryl methyl sites for hydroxylation is 1. The first-order chi connectivity index (χ1) is 15.7. The van der Waals surface area contributed by atoms with Gasteiger partial charge in [-0.3, -0.25) is 0 Å². The van der Waals surface area contributed by atoms with Gasteiger partial charge in [0.15, 0.2) is 0 Å². The Hall–Kier alpha value is -2.11. The Balaban J connectivity index is 1.57. The van der Waals surface area contributed by atoms with Crippen molar-refractivity contribution in [2.24, 2.45) is 0 Å².